The Bertz CT molecular complexity index is 480. The molecule has 0 aliphatic heterocycles. The molecule has 0 radical (unpaired) electrons. The van der Waals surface area contributed by atoms with Gasteiger partial charge in [-0.2, -0.15) is 5.26 Å². The van der Waals surface area contributed by atoms with Crippen molar-refractivity contribution in [3.05, 3.63) is 12.0 Å². The van der Waals surface area contributed by atoms with E-state index in [0.717, 1.165) is 42.4 Å². The zero-order valence-corrected chi connectivity index (χ0v) is 13.3. The fourth-order valence-electron chi connectivity index (χ4n) is 3.04. The van der Waals surface area contributed by atoms with E-state index in [-0.39, 0.29) is 5.54 Å². The third-order valence-corrected chi connectivity index (χ3v) is 4.73. The lowest BCUT2D eigenvalue weighted by Gasteiger charge is -2.31. The fraction of sp³-hybridized carbons (Fsp3) is 0.733. The predicted molar refractivity (Wildman–Crippen MR) is 80.5 cm³/mol. The Labute approximate surface area is 125 Å². The van der Waals surface area contributed by atoms with Gasteiger partial charge < -0.3 is 4.42 Å². The van der Waals surface area contributed by atoms with Crippen molar-refractivity contribution in [1.82, 2.24) is 10.3 Å². The van der Waals surface area contributed by atoms with Crippen LogP contribution >= 0.6 is 11.8 Å². The summed E-state index contributed by atoms with van der Waals surface area (Å²) in [5, 5.41) is 13.8. The van der Waals surface area contributed by atoms with Crippen LogP contribution in [0.1, 0.15) is 45.2 Å². The maximum atomic E-state index is 9.61. The van der Waals surface area contributed by atoms with Crippen LogP contribution in [0.25, 0.3) is 0 Å². The molecule has 4 nitrogen and oxygen atoms in total. The molecule has 2 atom stereocenters. The number of nitriles is 1. The van der Waals surface area contributed by atoms with Crippen molar-refractivity contribution in [1.29, 1.82) is 5.26 Å². The van der Waals surface area contributed by atoms with Gasteiger partial charge in [0.05, 0.1) is 11.8 Å². The van der Waals surface area contributed by atoms with Crippen LogP contribution in [0.15, 0.2) is 15.9 Å². The van der Waals surface area contributed by atoms with Crippen LogP contribution in [-0.2, 0) is 0 Å². The molecule has 1 N–H and O–H groups in total. The summed E-state index contributed by atoms with van der Waals surface area (Å²) in [6.45, 7) is 6.15. The molecule has 1 fully saturated rings. The normalized spacial score (nSPS) is 26.1. The van der Waals surface area contributed by atoms with Gasteiger partial charge >= 0.3 is 0 Å². The third kappa shape index (κ3) is 3.56. The van der Waals surface area contributed by atoms with Gasteiger partial charge in [0, 0.05) is 11.8 Å². The molecular formula is C15H23N3OS. The van der Waals surface area contributed by atoms with Gasteiger partial charge in [0.1, 0.15) is 11.8 Å². The van der Waals surface area contributed by atoms with Gasteiger partial charge in [-0.15, -0.1) is 0 Å². The van der Waals surface area contributed by atoms with Crippen LogP contribution in [0.5, 0.6) is 0 Å². The Hall–Kier alpha value is -0.990. The number of aromatic nitrogens is 1. The van der Waals surface area contributed by atoms with Crippen molar-refractivity contribution < 1.29 is 4.42 Å². The van der Waals surface area contributed by atoms with Gasteiger partial charge in [-0.25, -0.2) is 4.98 Å². The largest absolute Gasteiger partial charge is 0.440 e. The third-order valence-electron chi connectivity index (χ3n) is 3.86. The van der Waals surface area contributed by atoms with Gasteiger partial charge in [-0.05, 0) is 46.0 Å². The molecule has 1 aromatic heterocycles. The maximum Gasteiger partial charge on any atom is 0.255 e. The molecule has 0 aromatic carbocycles. The lowest BCUT2D eigenvalue weighted by molar-refractivity contribution is 0.289. The first-order chi connectivity index (χ1) is 9.55. The first-order valence-corrected chi connectivity index (χ1v) is 8.28. The topological polar surface area (TPSA) is 61.9 Å². The molecule has 0 amide bonds. The Balaban J connectivity index is 1.89. The number of hydrogen-bond donors (Lipinski definition) is 1. The lowest BCUT2D eigenvalue weighted by atomic mass is 9.86. The summed E-state index contributed by atoms with van der Waals surface area (Å²) < 4.78 is 5.34. The number of hydrogen-bond acceptors (Lipinski definition) is 5. The van der Waals surface area contributed by atoms with Crippen LogP contribution in [0, 0.1) is 24.2 Å². The van der Waals surface area contributed by atoms with E-state index in [1.54, 1.807) is 18.0 Å². The minimum absolute atomic E-state index is 0.332. The molecule has 0 bridgehead atoms. The Morgan fingerprint density at radius 2 is 2.45 bits per heavy atom. The van der Waals surface area contributed by atoms with E-state index in [1.807, 2.05) is 6.92 Å². The van der Waals surface area contributed by atoms with Gasteiger partial charge in [-0.1, -0.05) is 18.2 Å². The van der Waals surface area contributed by atoms with Crippen LogP contribution in [0.2, 0.25) is 0 Å². The number of nitrogens with one attached hydrogen (secondary N) is 1. The second-order valence-electron chi connectivity index (χ2n) is 5.86. The van der Waals surface area contributed by atoms with E-state index in [9.17, 15) is 5.26 Å². The second kappa shape index (κ2) is 6.64. The molecule has 5 heteroatoms. The van der Waals surface area contributed by atoms with Gasteiger partial charge in [0.2, 0.25) is 0 Å². The average Bonchev–Trinajstić information content (AvgIpc) is 2.97. The minimum atomic E-state index is -0.332. The van der Waals surface area contributed by atoms with Crippen LogP contribution < -0.4 is 5.32 Å². The first kappa shape index (κ1) is 15.4. The average molecular weight is 293 g/mol. The highest BCUT2D eigenvalue weighted by molar-refractivity contribution is 7.99. The van der Waals surface area contributed by atoms with E-state index >= 15 is 0 Å². The zero-order chi connectivity index (χ0) is 14.6. The Kier molecular flexibility index (Phi) is 5.11. The maximum absolute atomic E-state index is 9.61. The van der Waals surface area contributed by atoms with Crippen LogP contribution in [-0.4, -0.2) is 22.3 Å². The summed E-state index contributed by atoms with van der Waals surface area (Å²) in [5.41, 5.74) is 0.586. The number of aryl methyl sites for hydroxylation is 1. The van der Waals surface area contributed by atoms with E-state index in [4.69, 9.17) is 4.42 Å². The number of oxazole rings is 1. The first-order valence-electron chi connectivity index (χ1n) is 7.29. The van der Waals surface area contributed by atoms with Crippen molar-refractivity contribution in [2.24, 2.45) is 5.92 Å². The molecule has 1 aliphatic carbocycles. The summed E-state index contributed by atoms with van der Waals surface area (Å²) in [4.78, 5) is 4.30. The molecule has 0 saturated heterocycles. The van der Waals surface area contributed by atoms with Crippen LogP contribution in [0.3, 0.4) is 0 Å². The Morgan fingerprint density at radius 1 is 1.65 bits per heavy atom. The fourth-order valence-corrected chi connectivity index (χ4v) is 3.94. The van der Waals surface area contributed by atoms with Crippen molar-refractivity contribution >= 4 is 11.8 Å². The van der Waals surface area contributed by atoms with E-state index in [2.05, 4.69) is 30.2 Å². The zero-order valence-electron chi connectivity index (χ0n) is 12.5. The Morgan fingerprint density at radius 3 is 3.05 bits per heavy atom. The molecule has 1 saturated carbocycles. The number of rotatable bonds is 6. The van der Waals surface area contributed by atoms with Crippen molar-refractivity contribution in [2.45, 2.75) is 63.3 Å². The standard InChI is InChI=1S/C15H23N3OS/c1-11(2)18-15(10-16)7-4-5-13(15)6-8-20-14-17-12(3)9-19-14/h9,11,13,18H,4-8H2,1-3H3. The molecule has 2 unspecified atom stereocenters. The summed E-state index contributed by atoms with van der Waals surface area (Å²) in [5.74, 6) is 1.38. The monoisotopic (exact) mass is 293 g/mol. The molecular weight excluding hydrogens is 270 g/mol. The van der Waals surface area contributed by atoms with E-state index < -0.39 is 0 Å². The summed E-state index contributed by atoms with van der Waals surface area (Å²) in [6.07, 6.45) is 5.95. The SMILES string of the molecule is Cc1coc(SCCC2CCCC2(C#N)NC(C)C)n1. The van der Waals surface area contributed by atoms with Crippen molar-refractivity contribution in [3.63, 3.8) is 0 Å². The summed E-state index contributed by atoms with van der Waals surface area (Å²) in [6, 6.07) is 2.90. The minimum Gasteiger partial charge on any atom is -0.440 e. The van der Waals surface area contributed by atoms with Gasteiger partial charge in [-0.3, -0.25) is 5.32 Å². The summed E-state index contributed by atoms with van der Waals surface area (Å²) in [7, 11) is 0. The van der Waals surface area contributed by atoms with Crippen molar-refractivity contribution in [2.75, 3.05) is 5.75 Å². The molecule has 1 heterocycles. The number of nitrogens with zero attached hydrogens (tertiary/aromatic N) is 2. The van der Waals surface area contributed by atoms with Gasteiger partial charge in [0.25, 0.3) is 5.22 Å². The molecule has 0 spiro atoms. The summed E-state index contributed by atoms with van der Waals surface area (Å²) >= 11 is 1.64. The molecule has 2 rings (SSSR count). The molecule has 1 aliphatic rings. The lowest BCUT2D eigenvalue weighted by Crippen LogP contribution is -2.50. The molecule has 110 valence electrons. The van der Waals surface area contributed by atoms with E-state index in [1.165, 1.54) is 0 Å². The highest BCUT2D eigenvalue weighted by atomic mass is 32.2. The number of thioether (sulfide) groups is 1. The second-order valence-corrected chi connectivity index (χ2v) is 6.91. The van der Waals surface area contributed by atoms with Crippen LogP contribution in [0.4, 0.5) is 0 Å². The van der Waals surface area contributed by atoms with Gasteiger partial charge in [0.15, 0.2) is 0 Å². The predicted octanol–water partition coefficient (Wildman–Crippen LogP) is 3.53. The molecule has 20 heavy (non-hydrogen) atoms. The highest BCUT2D eigenvalue weighted by Gasteiger charge is 2.42. The smallest absolute Gasteiger partial charge is 0.255 e. The quantitative estimate of drug-likeness (QED) is 0.813. The van der Waals surface area contributed by atoms with E-state index in [0.29, 0.717) is 12.0 Å². The van der Waals surface area contributed by atoms with Crippen molar-refractivity contribution in [3.8, 4) is 6.07 Å². The molecule has 1 aromatic rings. The highest BCUT2D eigenvalue weighted by Crippen LogP contribution is 2.39.